The second kappa shape index (κ2) is 21.7. The summed E-state index contributed by atoms with van der Waals surface area (Å²) in [6.45, 7) is 0. The molecule has 4 aromatic heterocycles. The van der Waals surface area contributed by atoms with Crippen molar-refractivity contribution < 1.29 is 27.3 Å². The van der Waals surface area contributed by atoms with E-state index in [4.69, 9.17) is 22.3 Å². The molecule has 0 fully saturated rings. The average molecular weight is 1250 g/mol. The average Bonchev–Trinajstić information content (AvgIpc) is 0.944. The minimum Gasteiger partial charge on any atom is -0.537 e. The molecule has 0 spiro atoms. The molecular weight excluding hydrogens is 1200 g/mol. The van der Waals surface area contributed by atoms with Crippen LogP contribution >= 0.6 is 15.9 Å². The van der Waals surface area contributed by atoms with Crippen molar-refractivity contribution in [2.45, 2.75) is 0 Å². The topological polar surface area (TPSA) is 82.0 Å². The maximum absolute atomic E-state index is 9.32. The first-order valence-electron chi connectivity index (χ1n) is 30.7. The lowest BCUT2D eigenvalue weighted by molar-refractivity contribution is 0.459. The van der Waals surface area contributed by atoms with Crippen molar-refractivity contribution in [2.24, 2.45) is 0 Å². The van der Waals surface area contributed by atoms with Crippen molar-refractivity contribution in [3.05, 3.63) is 296 Å². The minimum absolute atomic E-state index is 0.674. The molecule has 20 rings (SSSR count). The Morgan fingerprint density at radius 2 is 0.587 bits per heavy atom. The third-order valence-corrected chi connectivity index (χ3v) is 18.8. The van der Waals surface area contributed by atoms with Gasteiger partial charge in [0.05, 0.1) is 0 Å². The van der Waals surface area contributed by atoms with Gasteiger partial charge >= 0.3 is 7.69 Å². The molecule has 1 N–H and O–H groups in total. The Kier molecular flexibility index (Phi) is 12.6. The molecule has 0 aliphatic rings. The number of para-hydroxylation sites is 2. The minimum atomic E-state index is 0.674. The smallest absolute Gasteiger partial charge is 0.537 e. The molecule has 4 heterocycles. The fraction of sp³-hybridized carbons (Fsp3) is 0. The van der Waals surface area contributed by atoms with Crippen LogP contribution in [-0.4, -0.2) is 12.7 Å². The summed E-state index contributed by atoms with van der Waals surface area (Å²) in [4.78, 5) is 0. The maximum atomic E-state index is 9.32. The Balaban J connectivity index is 0.000000111. The van der Waals surface area contributed by atoms with E-state index in [1.807, 2.05) is 84.9 Å². The van der Waals surface area contributed by atoms with Crippen LogP contribution in [0, 0.1) is 0 Å². The van der Waals surface area contributed by atoms with Gasteiger partial charge in [0.1, 0.15) is 28.1 Å². The van der Waals surface area contributed by atoms with Crippen LogP contribution in [-0.2, 0) is 0 Å². The summed E-state index contributed by atoms with van der Waals surface area (Å²) in [5, 5.41) is 32.1. The summed E-state index contributed by atoms with van der Waals surface area (Å²) in [5.41, 5.74) is 14.1. The SMILES string of the molecule is Brc1ccc2oc3c(ccc4c5ccccc5oc43)c2c1.O[B]Oc1c2ccccc2c(-c2cccc3ccccc23)c2ccccc12.c1ccc2c(-c3c4ccccc4c(-c4ccc5oc6c(ccc7c8ccccc8oc76)c5c4)c4ccccc34)cccc2c1. The number of benzene rings is 16. The lowest BCUT2D eigenvalue weighted by atomic mass is 9.84. The van der Waals surface area contributed by atoms with Crippen LogP contribution in [0.25, 0.3) is 186 Å². The van der Waals surface area contributed by atoms with Gasteiger partial charge in [0.25, 0.3) is 0 Å². The Hall–Kier alpha value is -11.4. The fourth-order valence-electron chi connectivity index (χ4n) is 14.3. The van der Waals surface area contributed by atoms with Gasteiger partial charge in [0, 0.05) is 58.3 Å². The molecule has 0 atom stereocenters. The molecule has 0 saturated heterocycles. The molecule has 6 nitrogen and oxygen atoms in total. The third-order valence-electron chi connectivity index (χ3n) is 18.3. The summed E-state index contributed by atoms with van der Waals surface area (Å²) in [6.07, 6.45) is 0. The van der Waals surface area contributed by atoms with Crippen molar-refractivity contribution in [1.29, 1.82) is 0 Å². The molecule has 16 aromatic carbocycles. The van der Waals surface area contributed by atoms with Crippen molar-refractivity contribution in [3.63, 3.8) is 0 Å². The lowest BCUT2D eigenvalue weighted by Gasteiger charge is -2.18. The summed E-state index contributed by atoms with van der Waals surface area (Å²) in [5.74, 6) is 0.674. The van der Waals surface area contributed by atoms with Crippen molar-refractivity contribution in [1.82, 2.24) is 0 Å². The van der Waals surface area contributed by atoms with E-state index in [0.29, 0.717) is 5.75 Å². The van der Waals surface area contributed by atoms with Crippen LogP contribution in [0.4, 0.5) is 0 Å². The first kappa shape index (κ1) is 53.6. The number of hydrogen-bond acceptors (Lipinski definition) is 6. The van der Waals surface area contributed by atoms with Gasteiger partial charge in [-0.05, 0) is 154 Å². The summed E-state index contributed by atoms with van der Waals surface area (Å²) < 4.78 is 31.4. The molecule has 0 amide bonds. The van der Waals surface area contributed by atoms with Gasteiger partial charge in [0.2, 0.25) is 0 Å². The van der Waals surface area contributed by atoms with Gasteiger partial charge in [0.15, 0.2) is 22.3 Å². The second-order valence-electron chi connectivity index (χ2n) is 23.3. The quantitative estimate of drug-likeness (QED) is 0.137. The highest BCUT2D eigenvalue weighted by Crippen LogP contribution is 2.49. The number of fused-ring (bicyclic) bond motifs is 20. The highest BCUT2D eigenvalue weighted by atomic mass is 79.9. The van der Waals surface area contributed by atoms with Gasteiger partial charge in [-0.15, -0.1) is 0 Å². The number of rotatable bonds is 5. The van der Waals surface area contributed by atoms with Crippen LogP contribution in [0.2, 0.25) is 0 Å². The first-order valence-corrected chi connectivity index (χ1v) is 31.5. The molecule has 0 aliphatic carbocycles. The zero-order valence-electron chi connectivity index (χ0n) is 49.2. The van der Waals surface area contributed by atoms with Crippen molar-refractivity contribution >= 4 is 176 Å². The van der Waals surface area contributed by atoms with Crippen LogP contribution < -0.4 is 4.65 Å². The van der Waals surface area contributed by atoms with Gasteiger partial charge in [-0.3, -0.25) is 0 Å². The molecule has 0 bridgehead atoms. The largest absolute Gasteiger partial charge is 0.569 e. The molecule has 20 aromatic rings. The number of furan rings is 4. The van der Waals surface area contributed by atoms with Crippen molar-refractivity contribution in [2.75, 3.05) is 0 Å². The number of hydrogen-bond donors (Lipinski definition) is 1. The molecule has 8 heteroatoms. The zero-order valence-corrected chi connectivity index (χ0v) is 50.7. The van der Waals surface area contributed by atoms with Gasteiger partial charge in [-0.25, -0.2) is 0 Å². The van der Waals surface area contributed by atoms with Crippen molar-refractivity contribution in [3.8, 4) is 39.1 Å². The van der Waals surface area contributed by atoms with E-state index in [9.17, 15) is 5.02 Å². The second-order valence-corrected chi connectivity index (χ2v) is 24.2. The maximum Gasteiger partial charge on any atom is 0.569 e. The van der Waals surface area contributed by atoms with E-state index in [0.717, 1.165) is 121 Å². The standard InChI is InChI=1S/C42H24O2.C24H16BO2.C18H9BrO2/c1-2-12-27-25(10-1)11-9-18-29(27)40-32-16-5-3-14-30(32)39(31-15-4-6-17-33(31)40)26-20-23-38-36(24-26)35-22-21-34-28-13-7-8-19-37(28)43-41(34)42(35)44-38;26-25-27-24-21-13-5-3-11-19(21)23(20-12-4-6-14-22(20)24)18-15-7-9-16-8-1-2-10-17(16)18;19-10-5-8-16-14(9-10)13-7-6-12-11-3-1-2-4-15(11)20-17(12)18(13)21-16/h1-24H;1-15,26H;1-9H. The van der Waals surface area contributed by atoms with E-state index in [1.54, 1.807) is 0 Å². The summed E-state index contributed by atoms with van der Waals surface area (Å²) >= 11 is 3.52. The summed E-state index contributed by atoms with van der Waals surface area (Å²) in [6, 6.07) is 102. The Bertz CT molecular complexity index is 6260. The molecule has 0 unspecified atom stereocenters. The molecule has 92 heavy (non-hydrogen) atoms. The highest BCUT2D eigenvalue weighted by molar-refractivity contribution is 9.10. The Morgan fingerprint density at radius 3 is 1.03 bits per heavy atom. The monoisotopic (exact) mass is 1240 g/mol. The van der Waals surface area contributed by atoms with Crippen LogP contribution in [0.5, 0.6) is 5.75 Å². The zero-order chi connectivity index (χ0) is 61.0. The van der Waals surface area contributed by atoms with Crippen LogP contribution in [0.3, 0.4) is 0 Å². The predicted molar refractivity (Wildman–Crippen MR) is 386 cm³/mol. The third kappa shape index (κ3) is 8.52. The Labute approximate surface area is 534 Å². The van der Waals surface area contributed by atoms with E-state index in [1.165, 1.54) is 76.5 Å². The molecule has 431 valence electrons. The van der Waals surface area contributed by atoms with Gasteiger partial charge in [-0.2, -0.15) is 0 Å². The molecular formula is C84H49BBrO6. The fourth-order valence-corrected chi connectivity index (χ4v) is 14.7. The lowest BCUT2D eigenvalue weighted by Crippen LogP contribution is -2.02. The Morgan fingerprint density at radius 1 is 0.261 bits per heavy atom. The number of halogens is 1. The van der Waals surface area contributed by atoms with E-state index in [-0.39, 0.29) is 0 Å². The van der Waals surface area contributed by atoms with E-state index < -0.39 is 0 Å². The highest BCUT2D eigenvalue weighted by Gasteiger charge is 2.23. The predicted octanol–water partition coefficient (Wildman–Crippen LogP) is 24.2. The van der Waals surface area contributed by atoms with Gasteiger partial charge in [-0.1, -0.05) is 240 Å². The normalized spacial score (nSPS) is 11.8. The molecule has 0 saturated carbocycles. The molecule has 0 aliphatic heterocycles. The van der Waals surface area contributed by atoms with Gasteiger partial charge < -0.3 is 27.3 Å². The molecule has 1 radical (unpaired) electrons. The van der Waals surface area contributed by atoms with Crippen LogP contribution in [0.15, 0.2) is 313 Å². The first-order chi connectivity index (χ1) is 45.5. The van der Waals surface area contributed by atoms with E-state index >= 15 is 0 Å². The van der Waals surface area contributed by atoms with Crippen LogP contribution in [0.1, 0.15) is 0 Å². The van der Waals surface area contributed by atoms with E-state index in [2.05, 4.69) is 222 Å². The summed E-state index contributed by atoms with van der Waals surface area (Å²) in [7, 11) is 0.756.